The molecule has 2 aromatic rings. The minimum absolute atomic E-state index is 0.277. The molecule has 0 aliphatic carbocycles. The maximum atomic E-state index is 13.0. The number of rotatable bonds is 7. The molecule has 0 radical (unpaired) electrons. The maximum absolute atomic E-state index is 13.0. The average molecular weight is 443 g/mol. The molecule has 5 nitrogen and oxygen atoms in total. The number of nitrogens with one attached hydrogen (secondary N) is 1. The molecular weight excluding hydrogens is 417 g/mol. The van der Waals surface area contributed by atoms with Crippen LogP contribution in [0.5, 0.6) is 0 Å². The summed E-state index contributed by atoms with van der Waals surface area (Å²) < 4.78 is 67.1. The predicted molar refractivity (Wildman–Crippen MR) is 108 cm³/mol. The second kappa shape index (κ2) is 9.05. The molecule has 164 valence electrons. The number of β-amino-alcohol motifs (C(OH)–C–C–N with tert-alkyl or cyclic N) is 1. The number of halogens is 3. The van der Waals surface area contributed by atoms with Crippen molar-refractivity contribution in [2.24, 2.45) is 0 Å². The molecular formula is C21H25F3N2O3S. The lowest BCUT2D eigenvalue weighted by Gasteiger charge is -2.26. The van der Waals surface area contributed by atoms with Crippen molar-refractivity contribution in [2.75, 3.05) is 19.6 Å². The highest BCUT2D eigenvalue weighted by Crippen LogP contribution is 2.31. The number of alkyl halides is 3. The normalized spacial score (nSPS) is 20.2. The van der Waals surface area contributed by atoms with Gasteiger partial charge in [-0.1, -0.05) is 42.5 Å². The second-order valence-electron chi connectivity index (χ2n) is 7.59. The first-order valence-electron chi connectivity index (χ1n) is 9.70. The molecule has 1 fully saturated rings. The van der Waals surface area contributed by atoms with E-state index >= 15 is 0 Å². The lowest BCUT2D eigenvalue weighted by molar-refractivity contribution is -0.137. The summed E-state index contributed by atoms with van der Waals surface area (Å²) in [7, 11) is -3.88. The van der Waals surface area contributed by atoms with Gasteiger partial charge in [-0.25, -0.2) is 13.1 Å². The molecule has 3 atom stereocenters. The Balaban J connectivity index is 1.79. The molecule has 1 saturated heterocycles. The molecule has 2 aromatic carbocycles. The summed E-state index contributed by atoms with van der Waals surface area (Å²) in [6, 6.07) is 12.7. The standard InChI is InChI=1S/C21H25F3N2O3S/c1-15(16-7-9-18(10-8-16)21(22,23)24)30(28,29)25-20(17-5-3-2-4-6-17)14-26-12-11-19(27)13-26/h2-10,15,19-20,25,27H,11-14H2,1H3. The SMILES string of the molecule is CC(c1ccc(C(F)(F)F)cc1)S(=O)(=O)NC(CN1CCC(O)C1)c1ccccc1. The molecule has 0 amide bonds. The molecule has 0 bridgehead atoms. The van der Waals surface area contributed by atoms with E-state index < -0.39 is 39.2 Å². The van der Waals surface area contributed by atoms with Crippen LogP contribution in [0.1, 0.15) is 41.3 Å². The molecule has 30 heavy (non-hydrogen) atoms. The molecule has 3 rings (SSSR count). The highest BCUT2D eigenvalue weighted by atomic mass is 32.2. The summed E-state index contributed by atoms with van der Waals surface area (Å²) in [5.74, 6) is 0. The fraction of sp³-hybridized carbons (Fsp3) is 0.429. The van der Waals surface area contributed by atoms with Crippen molar-refractivity contribution in [3.63, 3.8) is 0 Å². The van der Waals surface area contributed by atoms with Gasteiger partial charge < -0.3 is 5.11 Å². The maximum Gasteiger partial charge on any atom is 0.416 e. The van der Waals surface area contributed by atoms with E-state index in [1.165, 1.54) is 19.1 Å². The second-order valence-corrected chi connectivity index (χ2v) is 9.62. The van der Waals surface area contributed by atoms with Crippen molar-refractivity contribution in [3.8, 4) is 0 Å². The first-order valence-corrected chi connectivity index (χ1v) is 11.2. The van der Waals surface area contributed by atoms with Gasteiger partial charge >= 0.3 is 6.18 Å². The van der Waals surface area contributed by atoms with Crippen LogP contribution in [0.25, 0.3) is 0 Å². The Morgan fingerprint density at radius 1 is 1.10 bits per heavy atom. The number of aliphatic hydroxyl groups excluding tert-OH is 1. The number of likely N-dealkylation sites (tertiary alicyclic amines) is 1. The van der Waals surface area contributed by atoms with E-state index in [4.69, 9.17) is 0 Å². The van der Waals surface area contributed by atoms with Crippen molar-refractivity contribution >= 4 is 10.0 Å². The first-order chi connectivity index (χ1) is 14.1. The third-order valence-corrected chi connectivity index (χ3v) is 7.19. The van der Waals surface area contributed by atoms with E-state index in [2.05, 4.69) is 4.72 Å². The van der Waals surface area contributed by atoms with Crippen LogP contribution in [0.4, 0.5) is 13.2 Å². The van der Waals surface area contributed by atoms with Crippen LogP contribution in [-0.2, 0) is 16.2 Å². The number of aliphatic hydroxyl groups is 1. The lowest BCUT2D eigenvalue weighted by Crippen LogP contribution is -2.39. The van der Waals surface area contributed by atoms with E-state index in [9.17, 15) is 26.7 Å². The Labute approximate surface area is 174 Å². The van der Waals surface area contributed by atoms with Crippen molar-refractivity contribution in [2.45, 2.75) is 36.9 Å². The topological polar surface area (TPSA) is 69.6 Å². The quantitative estimate of drug-likeness (QED) is 0.689. The largest absolute Gasteiger partial charge is 0.416 e. The average Bonchev–Trinajstić information content (AvgIpc) is 3.11. The number of benzene rings is 2. The van der Waals surface area contributed by atoms with Gasteiger partial charge in [-0.15, -0.1) is 0 Å². The highest BCUT2D eigenvalue weighted by Gasteiger charge is 2.32. The molecule has 9 heteroatoms. The summed E-state index contributed by atoms with van der Waals surface area (Å²) in [5, 5.41) is 8.74. The number of hydrogen-bond acceptors (Lipinski definition) is 4. The molecule has 1 aliphatic rings. The third-order valence-electron chi connectivity index (χ3n) is 5.37. The highest BCUT2D eigenvalue weighted by molar-refractivity contribution is 7.89. The Morgan fingerprint density at radius 2 is 1.73 bits per heavy atom. The fourth-order valence-corrected chi connectivity index (χ4v) is 4.88. The van der Waals surface area contributed by atoms with Crippen LogP contribution in [0.3, 0.4) is 0 Å². The molecule has 0 saturated carbocycles. The molecule has 1 heterocycles. The van der Waals surface area contributed by atoms with Crippen LogP contribution < -0.4 is 4.72 Å². The van der Waals surface area contributed by atoms with Gasteiger partial charge in [0.1, 0.15) is 0 Å². The van der Waals surface area contributed by atoms with Crippen molar-refractivity contribution in [3.05, 3.63) is 71.3 Å². The van der Waals surface area contributed by atoms with Gasteiger partial charge in [-0.2, -0.15) is 13.2 Å². The minimum atomic E-state index is -4.47. The summed E-state index contributed by atoms with van der Waals surface area (Å²) in [6.07, 6.45) is -4.27. The predicted octanol–water partition coefficient (Wildman–Crippen LogP) is 3.49. The lowest BCUT2D eigenvalue weighted by atomic mass is 10.1. The third kappa shape index (κ3) is 5.60. The van der Waals surface area contributed by atoms with Crippen LogP contribution in [0, 0.1) is 0 Å². The first kappa shape index (κ1) is 22.7. The van der Waals surface area contributed by atoms with Gasteiger partial charge in [0, 0.05) is 19.6 Å². The fourth-order valence-electron chi connectivity index (χ4n) is 3.55. The Morgan fingerprint density at radius 3 is 2.27 bits per heavy atom. The van der Waals surface area contributed by atoms with Gasteiger partial charge in [0.2, 0.25) is 10.0 Å². The zero-order valence-corrected chi connectivity index (χ0v) is 17.3. The zero-order chi connectivity index (χ0) is 21.9. The Hall–Kier alpha value is -1.94. The van der Waals surface area contributed by atoms with E-state index in [1.807, 2.05) is 35.2 Å². The van der Waals surface area contributed by atoms with Crippen LogP contribution in [-0.4, -0.2) is 44.2 Å². The summed E-state index contributed by atoms with van der Waals surface area (Å²) in [6.45, 7) is 2.98. The Bertz CT molecular complexity index is 934. The van der Waals surface area contributed by atoms with Gasteiger partial charge in [0.15, 0.2) is 0 Å². The van der Waals surface area contributed by atoms with Crippen molar-refractivity contribution in [1.82, 2.24) is 9.62 Å². The van der Waals surface area contributed by atoms with Crippen molar-refractivity contribution < 1.29 is 26.7 Å². The van der Waals surface area contributed by atoms with Crippen LogP contribution in [0.15, 0.2) is 54.6 Å². The van der Waals surface area contributed by atoms with E-state index in [1.54, 1.807) is 0 Å². The monoisotopic (exact) mass is 442 g/mol. The number of nitrogens with zero attached hydrogens (tertiary/aromatic N) is 1. The van der Waals surface area contributed by atoms with Crippen LogP contribution in [0.2, 0.25) is 0 Å². The van der Waals surface area contributed by atoms with E-state index in [0.717, 1.165) is 17.7 Å². The Kier molecular flexibility index (Phi) is 6.86. The van der Waals surface area contributed by atoms with Gasteiger partial charge in [0.25, 0.3) is 0 Å². The number of sulfonamides is 1. The van der Waals surface area contributed by atoms with Crippen LogP contribution >= 0.6 is 0 Å². The van der Waals surface area contributed by atoms with Gasteiger partial charge in [-0.3, -0.25) is 4.90 Å². The summed E-state index contributed by atoms with van der Waals surface area (Å²) in [5.41, 5.74) is 0.236. The molecule has 2 N–H and O–H groups in total. The molecule has 0 aromatic heterocycles. The van der Waals surface area contributed by atoms with E-state index in [0.29, 0.717) is 26.1 Å². The molecule has 0 spiro atoms. The smallest absolute Gasteiger partial charge is 0.392 e. The molecule has 1 aliphatic heterocycles. The van der Waals surface area contributed by atoms with Gasteiger partial charge in [-0.05, 0) is 36.6 Å². The van der Waals surface area contributed by atoms with Gasteiger partial charge in [0.05, 0.1) is 23.0 Å². The number of hydrogen-bond donors (Lipinski definition) is 2. The summed E-state index contributed by atoms with van der Waals surface area (Å²) in [4.78, 5) is 1.99. The van der Waals surface area contributed by atoms with Crippen molar-refractivity contribution in [1.29, 1.82) is 0 Å². The zero-order valence-electron chi connectivity index (χ0n) is 16.5. The van der Waals surface area contributed by atoms with E-state index in [-0.39, 0.29) is 5.56 Å². The molecule has 3 unspecified atom stereocenters. The minimum Gasteiger partial charge on any atom is -0.392 e. The summed E-state index contributed by atoms with van der Waals surface area (Å²) >= 11 is 0.